The number of carbonyl (C=O) groups excluding carboxylic acids is 1. The summed E-state index contributed by atoms with van der Waals surface area (Å²) < 4.78 is 10.5. The zero-order chi connectivity index (χ0) is 20.1. The van der Waals surface area contributed by atoms with Gasteiger partial charge in [-0.25, -0.2) is 4.79 Å². The first-order valence-electron chi connectivity index (χ1n) is 9.83. The summed E-state index contributed by atoms with van der Waals surface area (Å²) in [6.07, 6.45) is 5.47. The van der Waals surface area contributed by atoms with Crippen molar-refractivity contribution in [3.8, 4) is 17.2 Å². The second kappa shape index (κ2) is 8.77. The van der Waals surface area contributed by atoms with E-state index in [-0.39, 0.29) is 12.1 Å². The van der Waals surface area contributed by atoms with Gasteiger partial charge in [0.2, 0.25) is 12.3 Å². The third-order valence-corrected chi connectivity index (χ3v) is 5.24. The van der Waals surface area contributed by atoms with E-state index in [9.17, 15) is 4.79 Å². The number of rotatable bonds is 4. The van der Waals surface area contributed by atoms with Crippen molar-refractivity contribution in [3.63, 3.8) is 0 Å². The lowest BCUT2D eigenvalue weighted by Gasteiger charge is -2.30. The predicted octanol–water partition coefficient (Wildman–Crippen LogP) is 4.89. The van der Waals surface area contributed by atoms with Crippen molar-refractivity contribution in [2.24, 2.45) is 0 Å². The Morgan fingerprint density at radius 1 is 1.17 bits per heavy atom. The quantitative estimate of drug-likeness (QED) is 0.683. The topological polar surface area (TPSA) is 80.5 Å². The monoisotopic (exact) mass is 392 g/mol. The number of anilines is 1. The van der Waals surface area contributed by atoms with E-state index < -0.39 is 0 Å². The lowest BCUT2D eigenvalue weighted by Crippen LogP contribution is -2.38. The van der Waals surface area contributed by atoms with Gasteiger partial charge in [-0.1, -0.05) is 31.0 Å². The number of carbonyl (C=O) groups is 1. The Morgan fingerprint density at radius 2 is 2.03 bits per heavy atom. The molecule has 0 saturated carbocycles. The van der Waals surface area contributed by atoms with Crippen LogP contribution in [0, 0.1) is 0 Å². The lowest BCUT2D eigenvalue weighted by atomic mass is 10.0. The zero-order valence-electron chi connectivity index (χ0n) is 16.4. The van der Waals surface area contributed by atoms with Gasteiger partial charge >= 0.3 is 6.03 Å². The fourth-order valence-electron chi connectivity index (χ4n) is 3.75. The fourth-order valence-corrected chi connectivity index (χ4v) is 3.75. The number of nitrogens with zero attached hydrogens (tertiary/aromatic N) is 3. The Bertz CT molecular complexity index is 941. The van der Waals surface area contributed by atoms with Crippen molar-refractivity contribution >= 4 is 11.7 Å². The second-order valence-electron chi connectivity index (χ2n) is 7.09. The van der Waals surface area contributed by atoms with Gasteiger partial charge in [-0.15, -0.1) is 10.2 Å². The summed E-state index contributed by atoms with van der Waals surface area (Å²) in [7, 11) is 1.66. The van der Waals surface area contributed by atoms with E-state index in [1.807, 2.05) is 53.4 Å². The first-order chi connectivity index (χ1) is 14.2. The van der Waals surface area contributed by atoms with Gasteiger partial charge in [0.25, 0.3) is 0 Å². The van der Waals surface area contributed by atoms with Crippen molar-refractivity contribution in [1.82, 2.24) is 15.1 Å². The molecule has 7 heteroatoms. The minimum Gasteiger partial charge on any atom is -0.497 e. The van der Waals surface area contributed by atoms with Gasteiger partial charge in [-0.05, 0) is 48.7 Å². The van der Waals surface area contributed by atoms with Crippen LogP contribution in [0.2, 0.25) is 0 Å². The lowest BCUT2D eigenvalue weighted by molar-refractivity contribution is 0.189. The first-order valence-corrected chi connectivity index (χ1v) is 9.83. The second-order valence-corrected chi connectivity index (χ2v) is 7.09. The van der Waals surface area contributed by atoms with Crippen LogP contribution in [0.25, 0.3) is 11.5 Å². The fraction of sp³-hybridized carbons (Fsp3) is 0.318. The van der Waals surface area contributed by atoms with Crippen LogP contribution in [-0.2, 0) is 0 Å². The summed E-state index contributed by atoms with van der Waals surface area (Å²) in [5.41, 5.74) is 2.59. The molecule has 1 aromatic heterocycles. The minimum absolute atomic E-state index is 0.0440. The van der Waals surface area contributed by atoms with E-state index >= 15 is 0 Å². The maximum Gasteiger partial charge on any atom is 0.322 e. The molecule has 0 radical (unpaired) electrons. The van der Waals surface area contributed by atoms with Crippen LogP contribution < -0.4 is 10.1 Å². The van der Waals surface area contributed by atoms with Crippen molar-refractivity contribution in [3.05, 3.63) is 60.5 Å². The summed E-state index contributed by atoms with van der Waals surface area (Å²) in [6.45, 7) is 0.728. The Balaban J connectivity index is 1.54. The highest BCUT2D eigenvalue weighted by Crippen LogP contribution is 2.32. The molecule has 4 rings (SSSR count). The highest BCUT2D eigenvalue weighted by atomic mass is 16.5. The summed E-state index contributed by atoms with van der Waals surface area (Å²) in [4.78, 5) is 15.1. The van der Waals surface area contributed by atoms with Crippen molar-refractivity contribution in [1.29, 1.82) is 0 Å². The maximum atomic E-state index is 13.2. The number of hydrogen-bond acceptors (Lipinski definition) is 5. The minimum atomic E-state index is -0.101. The molecule has 2 amide bonds. The van der Waals surface area contributed by atoms with Crippen LogP contribution in [0.3, 0.4) is 0 Å². The molecule has 1 atom stereocenters. The van der Waals surface area contributed by atoms with Gasteiger partial charge in [0.15, 0.2) is 0 Å². The van der Waals surface area contributed by atoms with E-state index in [4.69, 9.17) is 9.15 Å². The van der Waals surface area contributed by atoms with Gasteiger partial charge in [-0.3, -0.25) is 0 Å². The van der Waals surface area contributed by atoms with E-state index in [1.54, 1.807) is 7.11 Å². The average molecular weight is 392 g/mol. The Morgan fingerprint density at radius 3 is 2.79 bits per heavy atom. The molecule has 0 bridgehead atoms. The van der Waals surface area contributed by atoms with Gasteiger partial charge in [0.05, 0.1) is 13.2 Å². The van der Waals surface area contributed by atoms with Crippen LogP contribution in [-0.4, -0.2) is 34.8 Å². The van der Waals surface area contributed by atoms with E-state index in [2.05, 4.69) is 15.5 Å². The number of benzene rings is 2. The number of likely N-dealkylation sites (tertiary alicyclic amines) is 1. The first kappa shape index (κ1) is 19.0. The summed E-state index contributed by atoms with van der Waals surface area (Å²) in [5.74, 6) is 1.24. The highest BCUT2D eigenvalue weighted by molar-refractivity contribution is 5.90. The number of hydrogen-bond donors (Lipinski definition) is 1. The third-order valence-electron chi connectivity index (χ3n) is 5.24. The molecule has 1 N–H and O–H groups in total. The van der Waals surface area contributed by atoms with Crippen molar-refractivity contribution < 1.29 is 13.9 Å². The van der Waals surface area contributed by atoms with Gasteiger partial charge < -0.3 is 19.4 Å². The molecule has 2 heterocycles. The molecule has 1 saturated heterocycles. The number of methoxy groups -OCH3 is 1. The van der Waals surface area contributed by atoms with Crippen molar-refractivity contribution in [2.45, 2.75) is 31.7 Å². The standard InChI is InChI=1S/C22H24N4O3/c1-28-19-11-9-16(10-12-19)20-8-3-2-4-13-26(20)22(27)24-18-7-5-6-17(14-18)21-25-23-15-29-21/h5-7,9-12,14-15,20H,2-4,8,13H2,1H3,(H,24,27)/t20-/m0/s1. The smallest absolute Gasteiger partial charge is 0.322 e. The number of nitrogens with one attached hydrogen (secondary N) is 1. The van der Waals surface area contributed by atoms with Crippen LogP contribution in [0.4, 0.5) is 10.5 Å². The van der Waals surface area contributed by atoms with Gasteiger partial charge in [0, 0.05) is 17.8 Å². The molecule has 2 aromatic carbocycles. The molecule has 29 heavy (non-hydrogen) atoms. The normalized spacial score (nSPS) is 16.9. The highest BCUT2D eigenvalue weighted by Gasteiger charge is 2.27. The Labute approximate surface area is 169 Å². The van der Waals surface area contributed by atoms with E-state index in [0.717, 1.165) is 49.1 Å². The Kier molecular flexibility index (Phi) is 5.74. The van der Waals surface area contributed by atoms with Crippen LogP contribution in [0.5, 0.6) is 5.75 Å². The average Bonchev–Trinajstić information content (AvgIpc) is 3.18. The molecular formula is C22H24N4O3. The summed E-state index contributed by atoms with van der Waals surface area (Å²) in [6, 6.07) is 15.4. The van der Waals surface area contributed by atoms with Gasteiger partial charge in [-0.2, -0.15) is 0 Å². The molecule has 1 aliphatic heterocycles. The van der Waals surface area contributed by atoms with Crippen LogP contribution in [0.15, 0.2) is 59.3 Å². The SMILES string of the molecule is COc1ccc([C@@H]2CCCCCN2C(=O)Nc2cccc(-c3nnco3)c2)cc1. The molecule has 0 aliphatic carbocycles. The van der Waals surface area contributed by atoms with Gasteiger partial charge in [0.1, 0.15) is 5.75 Å². The summed E-state index contributed by atoms with van der Waals surface area (Å²) in [5, 5.41) is 10.7. The number of aromatic nitrogens is 2. The molecule has 3 aromatic rings. The third kappa shape index (κ3) is 4.39. The zero-order valence-corrected chi connectivity index (χ0v) is 16.4. The molecule has 7 nitrogen and oxygen atoms in total. The van der Waals surface area contributed by atoms with E-state index in [0.29, 0.717) is 11.6 Å². The van der Waals surface area contributed by atoms with Crippen LogP contribution in [0.1, 0.15) is 37.3 Å². The maximum absolute atomic E-state index is 13.2. The molecule has 0 spiro atoms. The molecule has 0 unspecified atom stereocenters. The van der Waals surface area contributed by atoms with Crippen LogP contribution >= 0.6 is 0 Å². The number of ether oxygens (including phenoxy) is 1. The molecular weight excluding hydrogens is 368 g/mol. The van der Waals surface area contributed by atoms with E-state index in [1.165, 1.54) is 6.39 Å². The largest absolute Gasteiger partial charge is 0.497 e. The van der Waals surface area contributed by atoms with Crippen molar-refractivity contribution in [2.75, 3.05) is 19.0 Å². The summed E-state index contributed by atoms with van der Waals surface area (Å²) >= 11 is 0. The molecule has 1 fully saturated rings. The Hall–Kier alpha value is -3.35. The number of urea groups is 1. The molecule has 1 aliphatic rings. The molecule has 150 valence electrons. The number of amides is 2. The predicted molar refractivity (Wildman–Crippen MR) is 110 cm³/mol.